The van der Waals surface area contributed by atoms with Gasteiger partial charge in [-0.2, -0.15) is 0 Å². The molecule has 0 aliphatic heterocycles. The third-order valence-corrected chi connectivity index (χ3v) is 5.16. The molecule has 4 aromatic rings. The van der Waals surface area contributed by atoms with E-state index in [0.717, 1.165) is 26.4 Å². The van der Waals surface area contributed by atoms with Crippen molar-refractivity contribution in [2.24, 2.45) is 0 Å². The van der Waals surface area contributed by atoms with E-state index in [-0.39, 0.29) is 11.5 Å². The molecule has 1 aromatic heterocycles. The van der Waals surface area contributed by atoms with Crippen molar-refractivity contribution in [3.8, 4) is 5.75 Å². The van der Waals surface area contributed by atoms with Crippen LogP contribution < -0.4 is 0 Å². The molecule has 3 heteroatoms. The van der Waals surface area contributed by atoms with Gasteiger partial charge in [0.1, 0.15) is 10.6 Å². The van der Waals surface area contributed by atoms with E-state index in [1.807, 2.05) is 66.7 Å². The monoisotopic (exact) mass is 330 g/mol. The van der Waals surface area contributed by atoms with Crippen LogP contribution in [-0.2, 0) is 0 Å². The fraction of sp³-hybridized carbons (Fsp3) is 0. The highest BCUT2D eigenvalue weighted by atomic mass is 32.1. The number of carbonyl (C=O) groups is 1. The lowest BCUT2D eigenvalue weighted by atomic mass is 10.1. The van der Waals surface area contributed by atoms with Gasteiger partial charge in [-0.1, -0.05) is 66.7 Å². The van der Waals surface area contributed by atoms with Gasteiger partial charge in [-0.15, -0.1) is 11.3 Å². The summed E-state index contributed by atoms with van der Waals surface area (Å²) in [5.74, 6) is -0.101. The normalized spacial score (nSPS) is 11.5. The van der Waals surface area contributed by atoms with Crippen molar-refractivity contribution in [2.45, 2.75) is 0 Å². The maximum absolute atomic E-state index is 12.5. The van der Waals surface area contributed by atoms with Crippen LogP contribution in [0.25, 0.3) is 26.9 Å². The number of aromatic hydroxyl groups is 1. The Balaban J connectivity index is 1.80. The van der Waals surface area contributed by atoms with Gasteiger partial charge in [-0.25, -0.2) is 0 Å². The predicted molar refractivity (Wildman–Crippen MR) is 101 cm³/mol. The summed E-state index contributed by atoms with van der Waals surface area (Å²) in [7, 11) is 0. The van der Waals surface area contributed by atoms with Gasteiger partial charge in [0.05, 0.1) is 0 Å². The first-order chi connectivity index (χ1) is 11.7. The van der Waals surface area contributed by atoms with Crippen LogP contribution in [0.5, 0.6) is 5.75 Å². The fourth-order valence-electron chi connectivity index (χ4n) is 2.83. The molecule has 116 valence electrons. The minimum absolute atomic E-state index is 0.0783. The van der Waals surface area contributed by atoms with Crippen molar-refractivity contribution in [3.05, 3.63) is 83.2 Å². The first kappa shape index (κ1) is 14.7. The molecule has 1 N–H and O–H groups in total. The highest BCUT2D eigenvalue weighted by Crippen LogP contribution is 2.41. The topological polar surface area (TPSA) is 37.3 Å². The van der Waals surface area contributed by atoms with E-state index in [1.165, 1.54) is 17.4 Å². The molecule has 1 heterocycles. The van der Waals surface area contributed by atoms with Crippen LogP contribution in [-0.4, -0.2) is 10.9 Å². The number of allylic oxidation sites excluding steroid dienone is 1. The van der Waals surface area contributed by atoms with E-state index < -0.39 is 0 Å². The molecule has 0 bridgehead atoms. The van der Waals surface area contributed by atoms with E-state index in [2.05, 4.69) is 0 Å². The van der Waals surface area contributed by atoms with Gasteiger partial charge in [-0.05, 0) is 28.5 Å². The Bertz CT molecular complexity index is 1080. The average Bonchev–Trinajstić information content (AvgIpc) is 2.98. The van der Waals surface area contributed by atoms with Crippen LogP contribution in [0.15, 0.2) is 72.8 Å². The van der Waals surface area contributed by atoms with Crippen LogP contribution in [0, 0.1) is 0 Å². The molecule has 4 rings (SSSR count). The van der Waals surface area contributed by atoms with E-state index in [1.54, 1.807) is 6.08 Å². The summed E-state index contributed by atoms with van der Waals surface area (Å²) in [5.41, 5.74) is 0.955. The van der Waals surface area contributed by atoms with Crippen molar-refractivity contribution < 1.29 is 9.90 Å². The highest BCUT2D eigenvalue weighted by molar-refractivity contribution is 7.21. The minimum Gasteiger partial charge on any atom is -0.506 e. The minimum atomic E-state index is -0.179. The highest BCUT2D eigenvalue weighted by Gasteiger charge is 2.17. The Kier molecular flexibility index (Phi) is 3.63. The summed E-state index contributed by atoms with van der Waals surface area (Å²) < 4.78 is 0.919. The molecule has 2 nitrogen and oxygen atoms in total. The van der Waals surface area contributed by atoms with Gasteiger partial charge < -0.3 is 5.11 Å². The second kappa shape index (κ2) is 5.95. The van der Waals surface area contributed by atoms with Crippen molar-refractivity contribution in [2.75, 3.05) is 0 Å². The maximum Gasteiger partial charge on any atom is 0.199 e. The number of carbonyl (C=O) groups excluding carboxylic acids is 1. The van der Waals surface area contributed by atoms with E-state index >= 15 is 0 Å². The zero-order valence-corrected chi connectivity index (χ0v) is 13.6. The van der Waals surface area contributed by atoms with Crippen LogP contribution in [0.1, 0.15) is 15.2 Å². The Morgan fingerprint density at radius 1 is 0.917 bits per heavy atom. The molecule has 3 aromatic carbocycles. The molecule has 0 saturated carbocycles. The van der Waals surface area contributed by atoms with Crippen molar-refractivity contribution >= 4 is 44.1 Å². The van der Waals surface area contributed by atoms with Gasteiger partial charge in [0.2, 0.25) is 0 Å². The summed E-state index contributed by atoms with van der Waals surface area (Å²) in [5, 5.41) is 13.4. The van der Waals surface area contributed by atoms with Gasteiger partial charge in [0.15, 0.2) is 5.78 Å². The molecular weight excluding hydrogens is 316 g/mol. The summed E-state index contributed by atoms with van der Waals surface area (Å²) in [6.07, 6.45) is 3.28. The van der Waals surface area contributed by atoms with E-state index in [0.29, 0.717) is 4.88 Å². The second-order valence-electron chi connectivity index (χ2n) is 5.55. The van der Waals surface area contributed by atoms with Crippen LogP contribution in [0.3, 0.4) is 0 Å². The first-order valence-electron chi connectivity index (χ1n) is 7.65. The molecule has 24 heavy (non-hydrogen) atoms. The van der Waals surface area contributed by atoms with Crippen LogP contribution >= 0.6 is 11.3 Å². The number of hydrogen-bond donors (Lipinski definition) is 1. The summed E-state index contributed by atoms with van der Waals surface area (Å²) in [6.45, 7) is 0. The second-order valence-corrected chi connectivity index (χ2v) is 6.60. The first-order valence-corrected chi connectivity index (χ1v) is 8.46. The molecule has 0 amide bonds. The summed E-state index contributed by atoms with van der Waals surface area (Å²) >= 11 is 1.33. The lowest BCUT2D eigenvalue weighted by Crippen LogP contribution is -1.90. The Hall–Kier alpha value is -2.91. The van der Waals surface area contributed by atoms with Crippen molar-refractivity contribution in [1.82, 2.24) is 0 Å². The quantitative estimate of drug-likeness (QED) is 0.389. The van der Waals surface area contributed by atoms with E-state index in [4.69, 9.17) is 0 Å². The van der Waals surface area contributed by atoms with Gasteiger partial charge in [0.25, 0.3) is 0 Å². The molecule has 0 unspecified atom stereocenters. The number of ketones is 1. The predicted octanol–water partition coefficient (Wildman–Crippen LogP) is 5.66. The molecule has 0 saturated heterocycles. The number of benzene rings is 3. The lowest BCUT2D eigenvalue weighted by molar-refractivity contribution is 0.104. The smallest absolute Gasteiger partial charge is 0.199 e. The maximum atomic E-state index is 12.5. The third-order valence-electron chi connectivity index (χ3n) is 4.01. The Morgan fingerprint density at radius 2 is 1.67 bits per heavy atom. The fourth-order valence-corrected chi connectivity index (χ4v) is 3.86. The molecular formula is C21H14O2S. The molecule has 0 aliphatic rings. The molecule has 0 fully saturated rings. The van der Waals surface area contributed by atoms with Crippen molar-refractivity contribution in [1.29, 1.82) is 0 Å². The standard InChI is InChI=1S/C21H14O2S/c22-17(12-10-14-6-2-1-3-7-14)21-20(23)19-16-9-5-4-8-15(16)11-13-18(19)24-21/h1-13,23H/b12-10+. The van der Waals surface area contributed by atoms with Gasteiger partial charge in [-0.3, -0.25) is 4.79 Å². The number of fused-ring (bicyclic) bond motifs is 3. The number of rotatable bonds is 3. The molecule has 0 spiro atoms. The number of hydrogen-bond acceptors (Lipinski definition) is 3. The Morgan fingerprint density at radius 3 is 2.50 bits per heavy atom. The Labute approximate surface area is 143 Å². The SMILES string of the molecule is O=C(/C=C/c1ccccc1)c1sc2ccc3ccccc3c2c1O. The van der Waals surface area contributed by atoms with Crippen molar-refractivity contribution in [3.63, 3.8) is 0 Å². The van der Waals surface area contributed by atoms with Gasteiger partial charge in [0, 0.05) is 10.1 Å². The average molecular weight is 330 g/mol. The number of thiophene rings is 1. The van der Waals surface area contributed by atoms with E-state index in [9.17, 15) is 9.90 Å². The zero-order valence-electron chi connectivity index (χ0n) is 12.8. The van der Waals surface area contributed by atoms with Crippen LogP contribution in [0.2, 0.25) is 0 Å². The van der Waals surface area contributed by atoms with Gasteiger partial charge >= 0.3 is 0 Å². The van der Waals surface area contributed by atoms with Crippen LogP contribution in [0.4, 0.5) is 0 Å². The molecule has 0 aliphatic carbocycles. The zero-order chi connectivity index (χ0) is 16.5. The largest absolute Gasteiger partial charge is 0.506 e. The lowest BCUT2D eigenvalue weighted by Gasteiger charge is -1.99. The molecule has 0 radical (unpaired) electrons. The summed E-state index contributed by atoms with van der Waals surface area (Å²) in [6, 6.07) is 21.5. The molecule has 0 atom stereocenters. The summed E-state index contributed by atoms with van der Waals surface area (Å²) in [4.78, 5) is 12.9. The third kappa shape index (κ3) is 2.49.